The van der Waals surface area contributed by atoms with Gasteiger partial charge in [0.25, 0.3) is 5.91 Å². The van der Waals surface area contributed by atoms with Crippen LogP contribution in [0.5, 0.6) is 11.5 Å². The largest absolute Gasteiger partial charge is 0.493 e. The molecule has 0 spiro atoms. The number of carbonyl (C=O) groups excluding carboxylic acids is 3. The highest BCUT2D eigenvalue weighted by molar-refractivity contribution is 5.98. The minimum Gasteiger partial charge on any atom is -0.493 e. The number of fused-ring (bicyclic) bond motifs is 1. The Kier molecular flexibility index (Phi) is 9.59. The molecule has 0 saturated heterocycles. The van der Waals surface area contributed by atoms with Gasteiger partial charge in [0.15, 0.2) is 11.5 Å². The van der Waals surface area contributed by atoms with E-state index in [1.54, 1.807) is 37.3 Å². The van der Waals surface area contributed by atoms with Gasteiger partial charge in [-0.1, -0.05) is 24.3 Å². The highest BCUT2D eigenvalue weighted by Crippen LogP contribution is 2.37. The van der Waals surface area contributed by atoms with Crippen LogP contribution in [-0.4, -0.2) is 54.0 Å². The molecule has 2 aromatic carbocycles. The van der Waals surface area contributed by atoms with E-state index < -0.39 is 29.9 Å². The van der Waals surface area contributed by atoms with Crippen molar-refractivity contribution in [2.45, 2.75) is 37.9 Å². The number of benzene rings is 2. The molecule has 3 rings (SSSR count). The maximum absolute atomic E-state index is 12.8. The summed E-state index contributed by atoms with van der Waals surface area (Å²) in [5.74, 6) is -1.09. The molecule has 3 amide bonds. The zero-order valence-corrected chi connectivity index (χ0v) is 19.6. The number of rotatable bonds is 10. The van der Waals surface area contributed by atoms with Crippen LogP contribution in [0.25, 0.3) is 0 Å². The van der Waals surface area contributed by atoms with Crippen molar-refractivity contribution >= 4 is 23.7 Å². The van der Waals surface area contributed by atoms with Crippen LogP contribution < -0.4 is 26.7 Å². The molecule has 2 aromatic rings. The lowest BCUT2D eigenvalue weighted by Crippen LogP contribution is -2.32. The fraction of sp³-hybridized carbons (Fsp3) is 0.333. The first-order chi connectivity index (χ1) is 16.6. The molecule has 188 valence electrons. The first-order valence-corrected chi connectivity index (χ1v) is 10.7. The van der Waals surface area contributed by atoms with Gasteiger partial charge in [0.1, 0.15) is 6.04 Å². The molecule has 0 radical (unpaired) electrons. The highest BCUT2D eigenvalue weighted by atomic mass is 16.5. The van der Waals surface area contributed by atoms with Gasteiger partial charge in [-0.3, -0.25) is 19.2 Å². The van der Waals surface area contributed by atoms with E-state index >= 15 is 0 Å². The van der Waals surface area contributed by atoms with Crippen LogP contribution in [0.3, 0.4) is 0 Å². The smallest absolute Gasteiger partial charge is 0.320 e. The van der Waals surface area contributed by atoms with E-state index in [4.69, 9.17) is 31.8 Å². The summed E-state index contributed by atoms with van der Waals surface area (Å²) in [6.07, 6.45) is 0.160. The average molecular weight is 487 g/mol. The molecule has 1 heterocycles. The third-order valence-corrected chi connectivity index (χ3v) is 5.43. The monoisotopic (exact) mass is 486 g/mol. The number of nitrogens with zero attached hydrogens (tertiary/aromatic N) is 1. The van der Waals surface area contributed by atoms with E-state index in [9.17, 15) is 19.2 Å². The lowest BCUT2D eigenvalue weighted by Gasteiger charge is -2.28. The van der Waals surface area contributed by atoms with E-state index in [1.807, 2.05) is 24.3 Å². The van der Waals surface area contributed by atoms with Crippen molar-refractivity contribution < 1.29 is 33.8 Å². The maximum atomic E-state index is 12.8. The van der Waals surface area contributed by atoms with Gasteiger partial charge in [0.05, 0.1) is 26.7 Å². The van der Waals surface area contributed by atoms with Crippen molar-refractivity contribution in [2.75, 3.05) is 14.2 Å². The Hall–Kier alpha value is -4.12. The molecule has 0 aliphatic carbocycles. The van der Waals surface area contributed by atoms with Crippen molar-refractivity contribution in [3.8, 4) is 11.5 Å². The molecule has 11 heteroatoms. The molecular formula is C24H30N4O7. The van der Waals surface area contributed by atoms with Gasteiger partial charge in [0, 0.05) is 18.5 Å². The van der Waals surface area contributed by atoms with Crippen molar-refractivity contribution in [1.29, 1.82) is 0 Å². The van der Waals surface area contributed by atoms with Crippen LogP contribution in [0.1, 0.15) is 46.8 Å². The number of amides is 3. The van der Waals surface area contributed by atoms with Crippen molar-refractivity contribution in [1.82, 2.24) is 4.90 Å². The summed E-state index contributed by atoms with van der Waals surface area (Å²) in [5, 5.41) is 8.22. The lowest BCUT2D eigenvalue weighted by molar-refractivity contribution is -0.138. The first kappa shape index (κ1) is 27.1. The fourth-order valence-electron chi connectivity index (χ4n) is 3.61. The molecule has 11 nitrogen and oxygen atoms in total. The van der Waals surface area contributed by atoms with E-state index in [2.05, 4.69) is 0 Å². The van der Waals surface area contributed by atoms with Crippen LogP contribution in [0, 0.1) is 0 Å². The summed E-state index contributed by atoms with van der Waals surface area (Å²) >= 11 is 0. The van der Waals surface area contributed by atoms with Crippen molar-refractivity contribution in [2.24, 2.45) is 17.2 Å². The number of nitrogens with two attached hydrogens (primary N) is 3. The predicted octanol–water partition coefficient (Wildman–Crippen LogP) is 0.940. The minimum atomic E-state index is -1.11. The number of ether oxygens (including phenoxy) is 2. The number of carboxylic acids is 1. The van der Waals surface area contributed by atoms with E-state index in [0.29, 0.717) is 23.6 Å². The first-order valence-electron chi connectivity index (χ1n) is 10.7. The predicted molar refractivity (Wildman–Crippen MR) is 126 cm³/mol. The van der Waals surface area contributed by atoms with Gasteiger partial charge in [-0.2, -0.15) is 0 Å². The number of hydrogen-bond donors (Lipinski definition) is 4. The number of carbonyl (C=O) groups is 4. The molecule has 0 aromatic heterocycles. The normalized spacial score (nSPS) is 13.7. The Labute approximate surface area is 202 Å². The Balaban J connectivity index is 0.000000367. The third kappa shape index (κ3) is 7.18. The topological polar surface area (TPSA) is 188 Å². The van der Waals surface area contributed by atoms with Crippen LogP contribution in [0.2, 0.25) is 0 Å². The van der Waals surface area contributed by atoms with Crippen LogP contribution >= 0.6 is 0 Å². The van der Waals surface area contributed by atoms with Gasteiger partial charge in [-0.15, -0.1) is 0 Å². The van der Waals surface area contributed by atoms with E-state index in [-0.39, 0.29) is 25.2 Å². The van der Waals surface area contributed by atoms with Crippen LogP contribution in [-0.2, 0) is 20.9 Å². The fourth-order valence-corrected chi connectivity index (χ4v) is 3.61. The van der Waals surface area contributed by atoms with Crippen LogP contribution in [0.15, 0.2) is 42.5 Å². The van der Waals surface area contributed by atoms with E-state index in [1.165, 1.54) is 0 Å². The van der Waals surface area contributed by atoms with Crippen molar-refractivity contribution in [3.05, 3.63) is 59.2 Å². The second kappa shape index (κ2) is 12.4. The summed E-state index contributed by atoms with van der Waals surface area (Å²) in [5.41, 5.74) is 17.6. The Bertz CT molecular complexity index is 1090. The van der Waals surface area contributed by atoms with Crippen molar-refractivity contribution in [3.63, 3.8) is 0 Å². The SMILES string of the molecule is COc1ccc(C(CC(N)=O)N2Cc3ccccc3C2=O)cc1OC.NC(=O)CCC(N)C(=O)O. The summed E-state index contributed by atoms with van der Waals surface area (Å²) < 4.78 is 10.6. The van der Waals surface area contributed by atoms with Gasteiger partial charge >= 0.3 is 5.97 Å². The Morgan fingerprint density at radius 2 is 1.69 bits per heavy atom. The third-order valence-electron chi connectivity index (χ3n) is 5.43. The molecule has 7 N–H and O–H groups in total. The quantitative estimate of drug-likeness (QED) is 0.381. The maximum Gasteiger partial charge on any atom is 0.320 e. The molecule has 1 aliphatic rings. The van der Waals surface area contributed by atoms with Gasteiger partial charge < -0.3 is 36.7 Å². The summed E-state index contributed by atoms with van der Waals surface area (Å²) in [7, 11) is 3.10. The van der Waals surface area contributed by atoms with Gasteiger partial charge in [-0.05, 0) is 35.7 Å². The number of aliphatic carboxylic acids is 1. The molecule has 0 bridgehead atoms. The molecule has 0 fully saturated rings. The molecule has 1 aliphatic heterocycles. The molecule has 2 atom stereocenters. The Morgan fingerprint density at radius 1 is 1.03 bits per heavy atom. The van der Waals surface area contributed by atoms with Gasteiger partial charge in [0.2, 0.25) is 11.8 Å². The van der Waals surface area contributed by atoms with Crippen LogP contribution in [0.4, 0.5) is 0 Å². The Morgan fingerprint density at radius 3 is 2.23 bits per heavy atom. The molecule has 2 unspecified atom stereocenters. The zero-order chi connectivity index (χ0) is 26.1. The molecule has 0 saturated carbocycles. The number of carboxylic acid groups (broad SMARTS) is 1. The minimum absolute atomic E-state index is 0.0213. The second-order valence-corrected chi connectivity index (χ2v) is 7.84. The number of primary amides is 2. The second-order valence-electron chi connectivity index (χ2n) is 7.84. The summed E-state index contributed by atoms with van der Waals surface area (Å²) in [6, 6.07) is 11.4. The highest BCUT2D eigenvalue weighted by Gasteiger charge is 2.34. The summed E-state index contributed by atoms with van der Waals surface area (Å²) in [6.45, 7) is 0.446. The average Bonchev–Trinajstić information content (AvgIpc) is 3.17. The van der Waals surface area contributed by atoms with E-state index in [0.717, 1.165) is 11.1 Å². The lowest BCUT2D eigenvalue weighted by atomic mass is 10.0. The van der Waals surface area contributed by atoms with Gasteiger partial charge in [-0.25, -0.2) is 0 Å². The molecule has 35 heavy (non-hydrogen) atoms. The standard InChI is InChI=1S/C19H20N2O4.C5H10N2O3/c1-24-16-8-7-12(9-17(16)25-2)15(10-18(20)22)21-11-13-5-3-4-6-14(13)19(21)23;6-3(5(9)10)1-2-4(7)8/h3-9,15H,10-11H2,1-2H3,(H2,20,22);3H,1-2,6H2,(H2,7,8)(H,9,10). The molecular weight excluding hydrogens is 456 g/mol. The number of methoxy groups -OCH3 is 2. The number of hydrogen-bond acceptors (Lipinski definition) is 7. The summed E-state index contributed by atoms with van der Waals surface area (Å²) in [4.78, 5) is 46.2. The zero-order valence-electron chi connectivity index (χ0n) is 19.6.